The molecule has 1 amide bonds. The third kappa shape index (κ3) is 3.34. The van der Waals surface area contributed by atoms with Crippen molar-refractivity contribution in [1.82, 2.24) is 4.90 Å². The first-order valence-electron chi connectivity index (χ1n) is 7.20. The van der Waals surface area contributed by atoms with Crippen LogP contribution in [0.2, 0.25) is 0 Å². The highest BCUT2D eigenvalue weighted by molar-refractivity contribution is 14.1. The molecule has 5 atom stereocenters. The van der Waals surface area contributed by atoms with Crippen LogP contribution in [0.25, 0.3) is 0 Å². The van der Waals surface area contributed by atoms with E-state index in [-0.39, 0.29) is 22.1 Å². The van der Waals surface area contributed by atoms with Gasteiger partial charge in [0.25, 0.3) is 0 Å². The van der Waals surface area contributed by atoms with Crippen LogP contribution in [0.1, 0.15) is 31.9 Å². The SMILES string of the molecule is COC(=O)N(C1C(I)C(C)C[C@H]1O)[C@H](C)c1ccccc1. The Morgan fingerprint density at radius 2 is 2.05 bits per heavy atom. The number of aliphatic hydroxyl groups is 1. The van der Waals surface area contributed by atoms with Crippen LogP contribution in [0.5, 0.6) is 0 Å². The smallest absolute Gasteiger partial charge is 0.410 e. The van der Waals surface area contributed by atoms with Gasteiger partial charge in [0.1, 0.15) is 0 Å². The van der Waals surface area contributed by atoms with Gasteiger partial charge in [-0.3, -0.25) is 4.90 Å². The van der Waals surface area contributed by atoms with Gasteiger partial charge in [-0.2, -0.15) is 0 Å². The van der Waals surface area contributed by atoms with Gasteiger partial charge >= 0.3 is 6.09 Å². The first-order valence-corrected chi connectivity index (χ1v) is 8.45. The van der Waals surface area contributed by atoms with Gasteiger partial charge < -0.3 is 9.84 Å². The summed E-state index contributed by atoms with van der Waals surface area (Å²) < 4.78 is 5.18. The van der Waals surface area contributed by atoms with Crippen LogP contribution in [0.4, 0.5) is 4.79 Å². The Morgan fingerprint density at radius 3 is 2.52 bits per heavy atom. The average Bonchev–Trinajstić information content (AvgIpc) is 2.74. The molecule has 2 rings (SSSR count). The maximum Gasteiger partial charge on any atom is 0.410 e. The summed E-state index contributed by atoms with van der Waals surface area (Å²) in [7, 11) is 1.39. The number of hydrogen-bond donors (Lipinski definition) is 1. The van der Waals surface area contributed by atoms with E-state index in [0.717, 1.165) is 5.56 Å². The molecule has 1 N–H and O–H groups in total. The molecule has 1 fully saturated rings. The number of nitrogens with zero attached hydrogens (tertiary/aromatic N) is 1. The van der Waals surface area contributed by atoms with E-state index in [2.05, 4.69) is 29.5 Å². The number of ether oxygens (including phenoxy) is 1. The highest BCUT2D eigenvalue weighted by atomic mass is 127. The van der Waals surface area contributed by atoms with Gasteiger partial charge in [-0.25, -0.2) is 4.79 Å². The zero-order valence-corrected chi connectivity index (χ0v) is 14.7. The molecule has 0 saturated heterocycles. The molecule has 1 saturated carbocycles. The topological polar surface area (TPSA) is 49.8 Å². The Bertz CT molecular complexity index is 482. The molecule has 0 bridgehead atoms. The van der Waals surface area contributed by atoms with E-state index in [9.17, 15) is 9.90 Å². The second-order valence-corrected chi connectivity index (χ2v) is 7.12. The van der Waals surface area contributed by atoms with Crippen LogP contribution in [-0.4, -0.2) is 39.3 Å². The van der Waals surface area contributed by atoms with Crippen molar-refractivity contribution in [3.63, 3.8) is 0 Å². The third-order valence-electron chi connectivity index (χ3n) is 4.28. The summed E-state index contributed by atoms with van der Waals surface area (Å²) in [6.07, 6.45) is -0.175. The number of aliphatic hydroxyl groups excluding tert-OH is 1. The van der Waals surface area contributed by atoms with Crippen molar-refractivity contribution in [2.45, 2.75) is 42.4 Å². The number of rotatable bonds is 3. The van der Waals surface area contributed by atoms with Crippen LogP contribution in [0.15, 0.2) is 30.3 Å². The molecule has 1 aromatic rings. The largest absolute Gasteiger partial charge is 0.453 e. The van der Waals surface area contributed by atoms with E-state index in [0.29, 0.717) is 12.3 Å². The van der Waals surface area contributed by atoms with E-state index < -0.39 is 6.10 Å². The molecule has 0 spiro atoms. The van der Waals surface area contributed by atoms with Gasteiger partial charge in [0.05, 0.1) is 25.3 Å². The number of alkyl halides is 1. The van der Waals surface area contributed by atoms with Gasteiger partial charge in [-0.05, 0) is 24.8 Å². The molecule has 1 aliphatic rings. The summed E-state index contributed by atoms with van der Waals surface area (Å²) in [5.41, 5.74) is 1.04. The average molecular weight is 403 g/mol. The normalized spacial score (nSPS) is 30.0. The first kappa shape index (κ1) is 16.5. The minimum absolute atomic E-state index is 0.138. The molecule has 116 valence electrons. The summed E-state index contributed by atoms with van der Waals surface area (Å²) in [5, 5.41) is 10.4. The minimum atomic E-state index is -0.507. The second kappa shape index (κ2) is 6.96. The molecule has 1 aromatic carbocycles. The summed E-state index contributed by atoms with van der Waals surface area (Å²) >= 11 is 2.34. The number of amides is 1. The fourth-order valence-corrected chi connectivity index (χ4v) is 4.19. The molecule has 1 aliphatic carbocycles. The lowest BCUT2D eigenvalue weighted by Gasteiger charge is -2.37. The Labute approximate surface area is 139 Å². The fraction of sp³-hybridized carbons (Fsp3) is 0.562. The van der Waals surface area contributed by atoms with Crippen molar-refractivity contribution in [3.05, 3.63) is 35.9 Å². The molecule has 21 heavy (non-hydrogen) atoms. The summed E-state index contributed by atoms with van der Waals surface area (Å²) in [6.45, 7) is 4.09. The Hall–Kier alpha value is -0.820. The van der Waals surface area contributed by atoms with Crippen LogP contribution >= 0.6 is 22.6 Å². The number of benzene rings is 1. The van der Waals surface area contributed by atoms with E-state index >= 15 is 0 Å². The highest BCUT2D eigenvalue weighted by Gasteiger charge is 2.46. The maximum absolute atomic E-state index is 12.3. The van der Waals surface area contributed by atoms with Crippen LogP contribution in [0, 0.1) is 5.92 Å². The number of methoxy groups -OCH3 is 1. The molecule has 3 unspecified atom stereocenters. The Kier molecular flexibility index (Phi) is 5.48. The van der Waals surface area contributed by atoms with Gasteiger partial charge in [0, 0.05) is 3.92 Å². The van der Waals surface area contributed by atoms with Crippen LogP contribution in [-0.2, 0) is 4.74 Å². The van der Waals surface area contributed by atoms with Crippen molar-refractivity contribution < 1.29 is 14.6 Å². The van der Waals surface area contributed by atoms with E-state index in [1.54, 1.807) is 4.90 Å². The Morgan fingerprint density at radius 1 is 1.43 bits per heavy atom. The van der Waals surface area contributed by atoms with Crippen molar-refractivity contribution in [3.8, 4) is 0 Å². The minimum Gasteiger partial charge on any atom is -0.453 e. The lowest BCUT2D eigenvalue weighted by Crippen LogP contribution is -2.49. The molecule has 4 nitrogen and oxygen atoms in total. The van der Waals surface area contributed by atoms with Crippen LogP contribution in [0.3, 0.4) is 0 Å². The van der Waals surface area contributed by atoms with Crippen LogP contribution < -0.4 is 0 Å². The van der Waals surface area contributed by atoms with Gasteiger partial charge in [-0.1, -0.05) is 59.8 Å². The molecule has 0 aromatic heterocycles. The van der Waals surface area contributed by atoms with Gasteiger partial charge in [0.2, 0.25) is 0 Å². The van der Waals surface area contributed by atoms with E-state index in [1.165, 1.54) is 7.11 Å². The zero-order valence-electron chi connectivity index (χ0n) is 12.6. The number of hydrogen-bond acceptors (Lipinski definition) is 3. The molecule has 0 aliphatic heterocycles. The van der Waals surface area contributed by atoms with Gasteiger partial charge in [0.15, 0.2) is 0 Å². The number of carbonyl (C=O) groups excluding carboxylic acids is 1. The van der Waals surface area contributed by atoms with Gasteiger partial charge in [-0.15, -0.1) is 0 Å². The standard InChI is InChI=1S/C16H22INO3/c1-10-9-13(19)15(14(10)17)18(16(20)21-3)11(2)12-7-5-4-6-8-12/h4-8,10-11,13-15,19H,9H2,1-3H3/t10?,11-,13-,14?,15?/m1/s1. The summed E-state index contributed by atoms with van der Waals surface area (Å²) in [5.74, 6) is 0.376. The second-order valence-electron chi connectivity index (χ2n) is 5.68. The van der Waals surface area contributed by atoms with Crippen molar-refractivity contribution in [2.24, 2.45) is 5.92 Å². The zero-order chi connectivity index (χ0) is 15.6. The predicted octanol–water partition coefficient (Wildman–Crippen LogP) is 3.39. The first-order chi connectivity index (χ1) is 9.97. The summed E-state index contributed by atoms with van der Waals surface area (Å²) in [6, 6.07) is 9.49. The summed E-state index contributed by atoms with van der Waals surface area (Å²) in [4.78, 5) is 14.0. The lowest BCUT2D eigenvalue weighted by molar-refractivity contribution is 0.0409. The lowest BCUT2D eigenvalue weighted by atomic mass is 10.0. The fourth-order valence-electron chi connectivity index (χ4n) is 3.07. The number of halogens is 1. The van der Waals surface area contributed by atoms with E-state index in [1.807, 2.05) is 37.3 Å². The van der Waals surface area contributed by atoms with Crippen molar-refractivity contribution >= 4 is 28.7 Å². The molecule has 0 radical (unpaired) electrons. The molecular formula is C16H22INO3. The monoisotopic (exact) mass is 403 g/mol. The molecule has 5 heteroatoms. The predicted molar refractivity (Wildman–Crippen MR) is 90.5 cm³/mol. The highest BCUT2D eigenvalue weighted by Crippen LogP contribution is 2.39. The van der Waals surface area contributed by atoms with E-state index in [4.69, 9.17) is 4.74 Å². The molecular weight excluding hydrogens is 381 g/mol. The maximum atomic E-state index is 12.3. The third-order valence-corrected chi connectivity index (χ3v) is 6.25. The quantitative estimate of drug-likeness (QED) is 0.622. The number of carbonyl (C=O) groups is 1. The van der Waals surface area contributed by atoms with Crippen molar-refractivity contribution in [2.75, 3.05) is 7.11 Å². The van der Waals surface area contributed by atoms with Crippen molar-refractivity contribution in [1.29, 1.82) is 0 Å². The molecule has 0 heterocycles. The Balaban J connectivity index is 2.33.